The summed E-state index contributed by atoms with van der Waals surface area (Å²) in [6, 6.07) is 41.6. The molecule has 0 bridgehead atoms. The van der Waals surface area contributed by atoms with Gasteiger partial charge in [0.25, 0.3) is 0 Å². The van der Waals surface area contributed by atoms with Crippen LogP contribution < -0.4 is 0 Å². The SMILES string of the molecule is CO[C@@H](C(c1ccccc1)(c1ccccc1)c1ccccc1)[Si](C)(C)OCC[C@@H](O)c1ccccc1. The molecule has 0 aliphatic rings. The Hall–Kier alpha value is -3.02. The lowest BCUT2D eigenvalue weighted by molar-refractivity contribution is 0.0860. The summed E-state index contributed by atoms with van der Waals surface area (Å²) >= 11 is 0. The van der Waals surface area contributed by atoms with Gasteiger partial charge in [-0.25, -0.2) is 0 Å². The van der Waals surface area contributed by atoms with Crippen LogP contribution in [0.3, 0.4) is 0 Å². The van der Waals surface area contributed by atoms with Crippen LogP contribution in [-0.2, 0) is 14.6 Å². The van der Waals surface area contributed by atoms with Gasteiger partial charge < -0.3 is 14.3 Å². The predicted octanol–water partition coefficient (Wildman–Crippen LogP) is 6.92. The number of aliphatic hydroxyl groups is 1. The highest BCUT2D eigenvalue weighted by molar-refractivity contribution is 6.73. The first-order chi connectivity index (χ1) is 17.5. The van der Waals surface area contributed by atoms with E-state index < -0.39 is 19.8 Å². The minimum Gasteiger partial charge on any atom is -0.415 e. The zero-order valence-corrected chi connectivity index (χ0v) is 22.4. The number of benzene rings is 4. The highest BCUT2D eigenvalue weighted by Gasteiger charge is 2.52. The molecule has 1 N–H and O–H groups in total. The summed E-state index contributed by atoms with van der Waals surface area (Å²) in [5.41, 5.74) is 3.63. The zero-order chi connectivity index (χ0) is 25.4. The Kier molecular flexibility index (Phi) is 8.54. The molecule has 36 heavy (non-hydrogen) atoms. The van der Waals surface area contributed by atoms with Crippen molar-refractivity contribution in [3.05, 3.63) is 144 Å². The lowest BCUT2D eigenvalue weighted by Gasteiger charge is -2.47. The van der Waals surface area contributed by atoms with Crippen molar-refractivity contribution in [2.24, 2.45) is 0 Å². The van der Waals surface area contributed by atoms with Crippen LogP contribution in [0.25, 0.3) is 0 Å². The van der Waals surface area contributed by atoms with Crippen LogP contribution in [0.4, 0.5) is 0 Å². The van der Waals surface area contributed by atoms with E-state index in [9.17, 15) is 5.11 Å². The molecular formula is C32H36O3Si. The molecule has 4 aromatic carbocycles. The molecule has 0 unspecified atom stereocenters. The number of aliphatic hydroxyl groups excluding tert-OH is 1. The summed E-state index contributed by atoms with van der Waals surface area (Å²) in [5.74, 6) is 0. The molecule has 0 saturated heterocycles. The second kappa shape index (κ2) is 11.8. The standard InChI is InChI=1S/C32H36O3Si/c1-34-31(36(2,3)35-25-24-30(33)26-16-8-4-9-17-26)32(27-18-10-5-11-19-27,28-20-12-6-13-21-28)29-22-14-7-15-23-29/h4-23,30-31,33H,24-25H2,1-3H3/t30-,31-/m1/s1. The van der Waals surface area contributed by atoms with Crippen LogP contribution in [0, 0.1) is 0 Å². The Morgan fingerprint density at radius 1 is 0.667 bits per heavy atom. The Bertz CT molecular complexity index is 1080. The molecule has 0 radical (unpaired) electrons. The van der Waals surface area contributed by atoms with Crippen molar-refractivity contribution < 1.29 is 14.3 Å². The molecule has 0 aliphatic heterocycles. The number of methoxy groups -OCH3 is 1. The van der Waals surface area contributed by atoms with E-state index in [2.05, 4.69) is 104 Å². The van der Waals surface area contributed by atoms with Crippen LogP contribution in [-0.4, -0.2) is 32.9 Å². The van der Waals surface area contributed by atoms with E-state index >= 15 is 0 Å². The summed E-state index contributed by atoms with van der Waals surface area (Å²) in [6.07, 6.45) is -0.0227. The number of ether oxygens (including phenoxy) is 1. The zero-order valence-electron chi connectivity index (χ0n) is 21.4. The second-order valence-corrected chi connectivity index (χ2v) is 13.7. The average Bonchev–Trinajstić information content (AvgIpc) is 2.93. The molecule has 0 amide bonds. The average molecular weight is 497 g/mol. The van der Waals surface area contributed by atoms with Gasteiger partial charge in [-0.05, 0) is 41.8 Å². The van der Waals surface area contributed by atoms with Gasteiger partial charge in [0.2, 0.25) is 8.32 Å². The van der Waals surface area contributed by atoms with Crippen molar-refractivity contribution in [1.29, 1.82) is 0 Å². The minimum absolute atomic E-state index is 0.230. The van der Waals surface area contributed by atoms with E-state index in [0.29, 0.717) is 13.0 Å². The number of hydrogen-bond acceptors (Lipinski definition) is 3. The maximum Gasteiger partial charge on any atom is 0.216 e. The first-order valence-electron chi connectivity index (χ1n) is 12.6. The van der Waals surface area contributed by atoms with Gasteiger partial charge in [0, 0.05) is 13.7 Å². The van der Waals surface area contributed by atoms with Crippen molar-refractivity contribution in [3.8, 4) is 0 Å². The lowest BCUT2D eigenvalue weighted by Crippen LogP contribution is -2.59. The molecule has 0 spiro atoms. The maximum atomic E-state index is 10.7. The lowest BCUT2D eigenvalue weighted by atomic mass is 9.69. The fourth-order valence-corrected chi connectivity index (χ4v) is 8.30. The summed E-state index contributed by atoms with van der Waals surface area (Å²) in [6.45, 7) is 4.91. The summed E-state index contributed by atoms with van der Waals surface area (Å²) in [7, 11) is -0.721. The van der Waals surface area contributed by atoms with Gasteiger partial charge in [-0.2, -0.15) is 0 Å². The Labute approximate surface area is 216 Å². The molecular weight excluding hydrogens is 460 g/mol. The fraction of sp³-hybridized carbons (Fsp3) is 0.250. The van der Waals surface area contributed by atoms with E-state index in [-0.39, 0.29) is 5.73 Å². The third-order valence-corrected chi connectivity index (χ3v) is 9.88. The van der Waals surface area contributed by atoms with Gasteiger partial charge in [-0.15, -0.1) is 0 Å². The largest absolute Gasteiger partial charge is 0.415 e. The third-order valence-electron chi connectivity index (χ3n) is 7.00. The molecule has 0 fully saturated rings. The van der Waals surface area contributed by atoms with Crippen molar-refractivity contribution in [1.82, 2.24) is 0 Å². The van der Waals surface area contributed by atoms with Gasteiger partial charge in [-0.1, -0.05) is 121 Å². The Morgan fingerprint density at radius 2 is 1.06 bits per heavy atom. The van der Waals surface area contributed by atoms with E-state index in [1.807, 2.05) is 30.3 Å². The molecule has 0 saturated carbocycles. The van der Waals surface area contributed by atoms with Gasteiger partial charge in [0.1, 0.15) is 0 Å². The van der Waals surface area contributed by atoms with Crippen LogP contribution in [0.1, 0.15) is 34.8 Å². The molecule has 0 aliphatic carbocycles. The normalized spacial score (nSPS) is 13.8. The third kappa shape index (κ3) is 5.37. The number of hydrogen-bond donors (Lipinski definition) is 1. The van der Waals surface area contributed by atoms with E-state index in [4.69, 9.17) is 9.16 Å². The molecule has 4 aromatic rings. The van der Waals surface area contributed by atoms with E-state index in [1.165, 1.54) is 16.7 Å². The molecule has 4 heteroatoms. The molecule has 0 heterocycles. The van der Waals surface area contributed by atoms with Gasteiger partial charge >= 0.3 is 0 Å². The molecule has 0 aromatic heterocycles. The van der Waals surface area contributed by atoms with Crippen LogP contribution in [0.2, 0.25) is 13.1 Å². The second-order valence-electron chi connectivity index (χ2n) is 9.69. The molecule has 186 valence electrons. The van der Waals surface area contributed by atoms with Crippen molar-refractivity contribution in [2.75, 3.05) is 13.7 Å². The Balaban J connectivity index is 1.75. The molecule has 2 atom stereocenters. The first kappa shape index (κ1) is 26.1. The molecule has 4 rings (SSSR count). The van der Waals surface area contributed by atoms with Crippen molar-refractivity contribution >= 4 is 8.32 Å². The Morgan fingerprint density at radius 3 is 1.44 bits per heavy atom. The fourth-order valence-electron chi connectivity index (χ4n) is 5.39. The smallest absolute Gasteiger partial charge is 0.216 e. The summed E-state index contributed by atoms with van der Waals surface area (Å²) in [4.78, 5) is 0. The molecule has 3 nitrogen and oxygen atoms in total. The van der Waals surface area contributed by atoms with Crippen LogP contribution in [0.5, 0.6) is 0 Å². The maximum absolute atomic E-state index is 10.7. The summed E-state index contributed by atoms with van der Waals surface area (Å²) in [5, 5.41) is 10.7. The predicted molar refractivity (Wildman–Crippen MR) is 149 cm³/mol. The van der Waals surface area contributed by atoms with Gasteiger partial charge in [-0.3, -0.25) is 0 Å². The highest BCUT2D eigenvalue weighted by atomic mass is 28.4. The van der Waals surface area contributed by atoms with Crippen LogP contribution in [0.15, 0.2) is 121 Å². The van der Waals surface area contributed by atoms with Crippen molar-refractivity contribution in [3.63, 3.8) is 0 Å². The van der Waals surface area contributed by atoms with Gasteiger partial charge in [0.15, 0.2) is 0 Å². The van der Waals surface area contributed by atoms with Crippen LogP contribution >= 0.6 is 0 Å². The quantitative estimate of drug-likeness (QED) is 0.181. The minimum atomic E-state index is -2.52. The first-order valence-corrected chi connectivity index (χ1v) is 15.5. The van der Waals surface area contributed by atoms with E-state index in [1.54, 1.807) is 7.11 Å². The number of rotatable bonds is 11. The van der Waals surface area contributed by atoms with E-state index in [0.717, 1.165) is 5.56 Å². The highest BCUT2D eigenvalue weighted by Crippen LogP contribution is 2.46. The van der Waals surface area contributed by atoms with Crippen molar-refractivity contribution in [2.45, 2.75) is 36.8 Å². The topological polar surface area (TPSA) is 38.7 Å². The monoisotopic (exact) mass is 496 g/mol. The summed E-state index contributed by atoms with van der Waals surface area (Å²) < 4.78 is 13.2. The van der Waals surface area contributed by atoms with Gasteiger partial charge in [0.05, 0.1) is 17.2 Å².